The van der Waals surface area contributed by atoms with Crippen LogP contribution in [0.1, 0.15) is 12.0 Å². The van der Waals surface area contributed by atoms with E-state index in [9.17, 15) is 18.8 Å². The van der Waals surface area contributed by atoms with E-state index < -0.39 is 30.2 Å². The molecule has 0 aliphatic carbocycles. The summed E-state index contributed by atoms with van der Waals surface area (Å²) in [6.07, 6.45) is 1.99. The molecule has 6 nitrogen and oxygen atoms in total. The zero-order valence-corrected chi connectivity index (χ0v) is 16.7. The monoisotopic (exact) mass is 416 g/mol. The number of thioether (sulfide) groups is 1. The molecule has 1 aliphatic rings. The third kappa shape index (κ3) is 5.35. The van der Waals surface area contributed by atoms with E-state index in [1.807, 2.05) is 30.5 Å². The fourth-order valence-electron chi connectivity index (χ4n) is 3.03. The lowest BCUT2D eigenvalue weighted by Gasteiger charge is -2.17. The molecule has 152 valence electrons. The van der Waals surface area contributed by atoms with Crippen LogP contribution in [0.2, 0.25) is 0 Å². The van der Waals surface area contributed by atoms with Crippen LogP contribution in [-0.2, 0) is 25.7 Å². The Morgan fingerprint density at radius 2 is 2.03 bits per heavy atom. The molecule has 1 fully saturated rings. The van der Waals surface area contributed by atoms with Crippen LogP contribution in [-0.4, -0.2) is 37.2 Å². The van der Waals surface area contributed by atoms with Gasteiger partial charge in [-0.25, -0.2) is 4.39 Å². The first kappa shape index (κ1) is 20.9. The summed E-state index contributed by atoms with van der Waals surface area (Å²) in [5, 5.41) is 2.51. The summed E-state index contributed by atoms with van der Waals surface area (Å²) in [6, 6.07) is 13.6. The second-order valence-corrected chi connectivity index (χ2v) is 7.46. The van der Waals surface area contributed by atoms with Gasteiger partial charge >= 0.3 is 5.97 Å². The van der Waals surface area contributed by atoms with E-state index in [-0.39, 0.29) is 25.4 Å². The largest absolute Gasteiger partial charge is 0.455 e. The van der Waals surface area contributed by atoms with Gasteiger partial charge in [0.1, 0.15) is 5.82 Å². The van der Waals surface area contributed by atoms with Crippen LogP contribution in [0.3, 0.4) is 0 Å². The number of hydrogen-bond donors (Lipinski definition) is 1. The minimum atomic E-state index is -0.625. The number of rotatable bonds is 7. The van der Waals surface area contributed by atoms with E-state index >= 15 is 0 Å². The predicted octanol–water partition coefficient (Wildman–Crippen LogP) is 2.76. The van der Waals surface area contributed by atoms with Crippen molar-refractivity contribution >= 4 is 35.2 Å². The topological polar surface area (TPSA) is 75.7 Å². The normalized spacial score (nSPS) is 16.0. The van der Waals surface area contributed by atoms with Crippen LogP contribution in [0.15, 0.2) is 53.4 Å². The van der Waals surface area contributed by atoms with Gasteiger partial charge in [0.15, 0.2) is 6.61 Å². The van der Waals surface area contributed by atoms with Crippen molar-refractivity contribution in [2.75, 3.05) is 24.3 Å². The molecule has 0 radical (unpaired) electrons. The predicted molar refractivity (Wildman–Crippen MR) is 108 cm³/mol. The Kier molecular flexibility index (Phi) is 6.87. The molecule has 2 aromatic rings. The first-order chi connectivity index (χ1) is 14.0. The maximum atomic E-state index is 13.5. The molecule has 0 bridgehead atoms. The number of ether oxygens (including phenoxy) is 1. The summed E-state index contributed by atoms with van der Waals surface area (Å²) in [4.78, 5) is 39.1. The lowest BCUT2D eigenvalue weighted by atomic mass is 10.1. The summed E-state index contributed by atoms with van der Waals surface area (Å²) in [5.74, 6) is -2.33. The van der Waals surface area contributed by atoms with Crippen molar-refractivity contribution in [1.82, 2.24) is 5.32 Å². The van der Waals surface area contributed by atoms with Gasteiger partial charge in [-0.05, 0) is 30.5 Å². The van der Waals surface area contributed by atoms with E-state index in [4.69, 9.17) is 4.74 Å². The van der Waals surface area contributed by atoms with Crippen molar-refractivity contribution in [2.24, 2.45) is 5.92 Å². The molecule has 1 saturated heterocycles. The Balaban J connectivity index is 1.49. The highest BCUT2D eigenvalue weighted by molar-refractivity contribution is 7.98. The average Bonchev–Trinajstić information content (AvgIpc) is 3.13. The van der Waals surface area contributed by atoms with E-state index in [0.29, 0.717) is 5.56 Å². The van der Waals surface area contributed by atoms with Crippen molar-refractivity contribution in [2.45, 2.75) is 17.9 Å². The summed E-state index contributed by atoms with van der Waals surface area (Å²) in [7, 11) is 0. The van der Waals surface area contributed by atoms with Crippen LogP contribution in [0.5, 0.6) is 0 Å². The molecule has 1 N–H and O–H groups in total. The fraction of sp³-hybridized carbons (Fsp3) is 0.286. The lowest BCUT2D eigenvalue weighted by molar-refractivity contribution is -0.152. The van der Waals surface area contributed by atoms with E-state index in [2.05, 4.69) is 5.32 Å². The summed E-state index contributed by atoms with van der Waals surface area (Å²) < 4.78 is 18.6. The van der Waals surface area contributed by atoms with Crippen molar-refractivity contribution in [3.8, 4) is 0 Å². The van der Waals surface area contributed by atoms with Crippen LogP contribution in [0.4, 0.5) is 10.1 Å². The molecule has 3 rings (SSSR count). The SMILES string of the molecule is CSc1cccc(N2C[C@H](C(=O)OCC(=O)NCc3ccccc3F)CC2=O)c1. The third-order valence-electron chi connectivity index (χ3n) is 4.60. The molecule has 1 atom stereocenters. The minimum Gasteiger partial charge on any atom is -0.455 e. The summed E-state index contributed by atoms with van der Waals surface area (Å²) in [6.45, 7) is -0.253. The Morgan fingerprint density at radius 1 is 1.24 bits per heavy atom. The number of anilines is 1. The minimum absolute atomic E-state index is 0.00449. The van der Waals surface area contributed by atoms with E-state index in [1.165, 1.54) is 6.07 Å². The maximum absolute atomic E-state index is 13.5. The van der Waals surface area contributed by atoms with Crippen molar-refractivity contribution in [3.05, 3.63) is 59.9 Å². The van der Waals surface area contributed by atoms with Gasteiger partial charge in [-0.1, -0.05) is 24.3 Å². The van der Waals surface area contributed by atoms with Crippen molar-refractivity contribution in [3.63, 3.8) is 0 Å². The molecule has 1 aliphatic heterocycles. The first-order valence-electron chi connectivity index (χ1n) is 9.09. The highest BCUT2D eigenvalue weighted by Gasteiger charge is 2.36. The Labute approximate surface area is 172 Å². The number of carbonyl (C=O) groups excluding carboxylic acids is 3. The molecule has 2 aromatic carbocycles. The van der Waals surface area contributed by atoms with Crippen LogP contribution in [0.25, 0.3) is 0 Å². The van der Waals surface area contributed by atoms with E-state index in [1.54, 1.807) is 34.9 Å². The quantitative estimate of drug-likeness (QED) is 0.555. The second kappa shape index (κ2) is 9.56. The average molecular weight is 416 g/mol. The molecule has 29 heavy (non-hydrogen) atoms. The zero-order chi connectivity index (χ0) is 20.8. The van der Waals surface area contributed by atoms with Gasteiger partial charge < -0.3 is 15.0 Å². The molecule has 0 saturated carbocycles. The van der Waals surface area contributed by atoms with Crippen LogP contribution in [0, 0.1) is 11.7 Å². The summed E-state index contributed by atoms with van der Waals surface area (Å²) in [5.41, 5.74) is 1.08. The molecular weight excluding hydrogens is 395 g/mol. The molecule has 0 unspecified atom stereocenters. The summed E-state index contributed by atoms with van der Waals surface area (Å²) >= 11 is 1.57. The first-order valence-corrected chi connectivity index (χ1v) is 10.3. The number of esters is 1. The highest BCUT2D eigenvalue weighted by atomic mass is 32.2. The molecule has 0 aromatic heterocycles. The molecule has 2 amide bonds. The van der Waals surface area contributed by atoms with Crippen LogP contribution >= 0.6 is 11.8 Å². The van der Waals surface area contributed by atoms with E-state index in [0.717, 1.165) is 10.6 Å². The lowest BCUT2D eigenvalue weighted by Crippen LogP contribution is -2.31. The Hall–Kier alpha value is -2.87. The van der Waals surface area contributed by atoms with Gasteiger partial charge in [-0.2, -0.15) is 0 Å². The number of halogens is 1. The molecular formula is C21H21FN2O4S. The Morgan fingerprint density at radius 3 is 2.79 bits per heavy atom. The number of benzene rings is 2. The molecule has 1 heterocycles. The molecule has 0 spiro atoms. The Bertz CT molecular complexity index is 921. The van der Waals surface area contributed by atoms with Crippen molar-refractivity contribution < 1.29 is 23.5 Å². The standard InChI is InChI=1S/C21H21FN2O4S/c1-29-17-7-4-6-16(10-17)24-12-15(9-20(24)26)21(27)28-13-19(25)23-11-14-5-2-3-8-18(14)22/h2-8,10,15H,9,11-13H2,1H3,(H,23,25)/t15-/m1/s1. The second-order valence-electron chi connectivity index (χ2n) is 6.58. The van der Waals surface area contributed by atoms with Gasteiger partial charge in [0.05, 0.1) is 5.92 Å². The number of nitrogens with zero attached hydrogens (tertiary/aromatic N) is 1. The zero-order valence-electron chi connectivity index (χ0n) is 15.9. The smallest absolute Gasteiger partial charge is 0.311 e. The number of amides is 2. The van der Waals surface area contributed by atoms with Gasteiger partial charge in [0.25, 0.3) is 5.91 Å². The number of carbonyl (C=O) groups is 3. The van der Waals surface area contributed by atoms with Crippen molar-refractivity contribution in [1.29, 1.82) is 0 Å². The van der Waals surface area contributed by atoms with Gasteiger partial charge in [0.2, 0.25) is 5.91 Å². The van der Waals surface area contributed by atoms with Gasteiger partial charge in [0, 0.05) is 35.7 Å². The van der Waals surface area contributed by atoms with Gasteiger partial charge in [-0.15, -0.1) is 11.8 Å². The highest BCUT2D eigenvalue weighted by Crippen LogP contribution is 2.28. The maximum Gasteiger partial charge on any atom is 0.311 e. The number of hydrogen-bond acceptors (Lipinski definition) is 5. The molecule has 8 heteroatoms. The fourth-order valence-corrected chi connectivity index (χ4v) is 3.49. The third-order valence-corrected chi connectivity index (χ3v) is 5.33. The van der Waals surface area contributed by atoms with Crippen LogP contribution < -0.4 is 10.2 Å². The van der Waals surface area contributed by atoms with Gasteiger partial charge in [-0.3, -0.25) is 14.4 Å². The number of nitrogens with one attached hydrogen (secondary N) is 1.